The molecule has 2 saturated heterocycles. The molecule has 0 aromatic heterocycles. The monoisotopic (exact) mass is 209 g/mol. The van der Waals surface area contributed by atoms with Gasteiger partial charge >= 0.3 is 0 Å². The Morgan fingerprint density at radius 2 is 2.07 bits per heavy atom. The quantitative estimate of drug-likeness (QED) is 0.648. The van der Waals surface area contributed by atoms with Crippen LogP contribution >= 0.6 is 0 Å². The fourth-order valence-corrected chi connectivity index (χ4v) is 3.21. The van der Waals surface area contributed by atoms with Crippen molar-refractivity contribution in [1.29, 1.82) is 0 Å². The summed E-state index contributed by atoms with van der Waals surface area (Å²) in [6, 6.07) is 0. The van der Waals surface area contributed by atoms with Gasteiger partial charge in [0.25, 0.3) is 0 Å². The van der Waals surface area contributed by atoms with E-state index in [0.717, 1.165) is 26.3 Å². The van der Waals surface area contributed by atoms with Crippen molar-refractivity contribution in [3.63, 3.8) is 0 Å². The van der Waals surface area contributed by atoms with Gasteiger partial charge in [-0.3, -0.25) is 4.79 Å². The SMILES string of the molecule is CC1CCCN(C(=O)C2C3COCC32)C1. The summed E-state index contributed by atoms with van der Waals surface area (Å²) in [4.78, 5) is 14.3. The van der Waals surface area contributed by atoms with Crippen molar-refractivity contribution in [3.8, 4) is 0 Å². The van der Waals surface area contributed by atoms with Gasteiger partial charge in [0.1, 0.15) is 0 Å². The lowest BCUT2D eigenvalue weighted by Crippen LogP contribution is -2.40. The molecule has 3 rings (SSSR count). The zero-order chi connectivity index (χ0) is 10.4. The van der Waals surface area contributed by atoms with Crippen LogP contribution in [0.2, 0.25) is 0 Å². The van der Waals surface area contributed by atoms with Gasteiger partial charge in [-0.05, 0) is 30.6 Å². The molecular formula is C12H19NO2. The van der Waals surface area contributed by atoms with Crippen LogP contribution in [0.4, 0.5) is 0 Å². The fourth-order valence-electron chi connectivity index (χ4n) is 3.21. The van der Waals surface area contributed by atoms with Gasteiger partial charge in [0.05, 0.1) is 13.2 Å². The van der Waals surface area contributed by atoms with Crippen LogP contribution in [-0.4, -0.2) is 37.1 Å². The molecule has 3 atom stereocenters. The van der Waals surface area contributed by atoms with Gasteiger partial charge < -0.3 is 9.64 Å². The molecule has 3 nitrogen and oxygen atoms in total. The minimum absolute atomic E-state index is 0.323. The minimum atomic E-state index is 0.323. The maximum Gasteiger partial charge on any atom is 0.226 e. The number of amides is 1. The molecule has 0 radical (unpaired) electrons. The maximum absolute atomic E-state index is 12.2. The number of ether oxygens (including phenoxy) is 1. The standard InChI is InChI=1S/C12H19NO2/c1-8-3-2-4-13(5-8)12(14)11-9-6-15-7-10(9)11/h8-11H,2-7H2,1H3. The Bertz CT molecular complexity index is 269. The van der Waals surface area contributed by atoms with Crippen LogP contribution in [0.15, 0.2) is 0 Å². The Hall–Kier alpha value is -0.570. The van der Waals surface area contributed by atoms with Crippen LogP contribution in [0.25, 0.3) is 0 Å². The second kappa shape index (κ2) is 3.48. The van der Waals surface area contributed by atoms with Gasteiger partial charge in [-0.1, -0.05) is 6.92 Å². The van der Waals surface area contributed by atoms with Crippen LogP contribution in [0.3, 0.4) is 0 Å². The third-order valence-electron chi connectivity index (χ3n) is 4.21. The lowest BCUT2D eigenvalue weighted by Gasteiger charge is -2.31. The number of piperidine rings is 1. The van der Waals surface area contributed by atoms with Gasteiger partial charge in [-0.15, -0.1) is 0 Å². The highest BCUT2D eigenvalue weighted by atomic mass is 16.5. The number of carbonyl (C=O) groups is 1. The minimum Gasteiger partial charge on any atom is -0.381 e. The van der Waals surface area contributed by atoms with Crippen molar-refractivity contribution in [2.45, 2.75) is 19.8 Å². The molecule has 84 valence electrons. The summed E-state index contributed by atoms with van der Waals surface area (Å²) in [5.74, 6) is 2.56. The van der Waals surface area contributed by atoms with Gasteiger partial charge in [0, 0.05) is 19.0 Å². The summed E-state index contributed by atoms with van der Waals surface area (Å²) in [6.07, 6.45) is 2.47. The molecule has 0 spiro atoms. The predicted molar refractivity (Wildman–Crippen MR) is 56.3 cm³/mol. The molecule has 2 aliphatic heterocycles. The molecule has 3 heteroatoms. The largest absolute Gasteiger partial charge is 0.381 e. The van der Waals surface area contributed by atoms with Crippen molar-refractivity contribution in [2.75, 3.05) is 26.3 Å². The van der Waals surface area contributed by atoms with Crippen LogP contribution in [0, 0.1) is 23.7 Å². The van der Waals surface area contributed by atoms with E-state index in [4.69, 9.17) is 4.74 Å². The Morgan fingerprint density at radius 1 is 1.33 bits per heavy atom. The number of fused-ring (bicyclic) bond motifs is 1. The van der Waals surface area contributed by atoms with E-state index in [1.54, 1.807) is 0 Å². The summed E-state index contributed by atoms with van der Waals surface area (Å²) < 4.78 is 5.32. The van der Waals surface area contributed by atoms with Gasteiger partial charge in [-0.25, -0.2) is 0 Å². The molecular weight excluding hydrogens is 190 g/mol. The van der Waals surface area contributed by atoms with Crippen LogP contribution in [0.1, 0.15) is 19.8 Å². The normalized spacial score (nSPS) is 43.9. The molecule has 3 fully saturated rings. The molecule has 15 heavy (non-hydrogen) atoms. The van der Waals surface area contributed by atoms with E-state index in [9.17, 15) is 4.79 Å². The average molecular weight is 209 g/mol. The van der Waals surface area contributed by atoms with E-state index in [0.29, 0.717) is 29.6 Å². The van der Waals surface area contributed by atoms with E-state index < -0.39 is 0 Å². The number of hydrogen-bond donors (Lipinski definition) is 0. The Balaban J connectivity index is 1.60. The summed E-state index contributed by atoms with van der Waals surface area (Å²) in [6.45, 7) is 5.86. The number of hydrogen-bond acceptors (Lipinski definition) is 2. The number of carbonyl (C=O) groups excluding carboxylic acids is 1. The zero-order valence-electron chi connectivity index (χ0n) is 9.32. The molecule has 3 aliphatic rings. The number of rotatable bonds is 1. The van der Waals surface area contributed by atoms with Crippen molar-refractivity contribution in [2.24, 2.45) is 23.7 Å². The summed E-state index contributed by atoms with van der Waals surface area (Å²) in [7, 11) is 0. The van der Waals surface area contributed by atoms with E-state index in [-0.39, 0.29) is 0 Å². The Kier molecular flexibility index (Phi) is 2.23. The van der Waals surface area contributed by atoms with Crippen molar-refractivity contribution in [3.05, 3.63) is 0 Å². The van der Waals surface area contributed by atoms with E-state index >= 15 is 0 Å². The lowest BCUT2D eigenvalue weighted by atomic mass is 10.00. The Labute approximate surface area is 90.8 Å². The molecule has 0 aromatic rings. The van der Waals surface area contributed by atoms with E-state index in [1.165, 1.54) is 12.8 Å². The van der Waals surface area contributed by atoms with Crippen LogP contribution < -0.4 is 0 Å². The second-order valence-electron chi connectivity index (χ2n) is 5.42. The summed E-state index contributed by atoms with van der Waals surface area (Å²) in [5, 5.41) is 0. The topological polar surface area (TPSA) is 29.5 Å². The zero-order valence-corrected chi connectivity index (χ0v) is 9.32. The molecule has 0 N–H and O–H groups in total. The summed E-state index contributed by atoms with van der Waals surface area (Å²) >= 11 is 0. The first-order chi connectivity index (χ1) is 7.27. The predicted octanol–water partition coefficient (Wildman–Crippen LogP) is 1.14. The molecule has 2 heterocycles. The molecule has 1 saturated carbocycles. The highest BCUT2D eigenvalue weighted by molar-refractivity contribution is 5.82. The first-order valence-corrected chi connectivity index (χ1v) is 6.14. The number of nitrogens with zero attached hydrogens (tertiary/aromatic N) is 1. The molecule has 0 aromatic carbocycles. The van der Waals surface area contributed by atoms with Crippen molar-refractivity contribution in [1.82, 2.24) is 4.90 Å². The third kappa shape index (κ3) is 1.57. The molecule has 1 aliphatic carbocycles. The van der Waals surface area contributed by atoms with Gasteiger partial charge in [-0.2, -0.15) is 0 Å². The second-order valence-corrected chi connectivity index (χ2v) is 5.42. The van der Waals surface area contributed by atoms with Crippen molar-refractivity contribution >= 4 is 5.91 Å². The molecule has 0 bridgehead atoms. The van der Waals surface area contributed by atoms with E-state index in [2.05, 4.69) is 11.8 Å². The first-order valence-electron chi connectivity index (χ1n) is 6.14. The van der Waals surface area contributed by atoms with Gasteiger partial charge in [0.15, 0.2) is 0 Å². The number of likely N-dealkylation sites (tertiary alicyclic amines) is 1. The van der Waals surface area contributed by atoms with Gasteiger partial charge in [0.2, 0.25) is 5.91 Å². The van der Waals surface area contributed by atoms with Crippen LogP contribution in [-0.2, 0) is 9.53 Å². The molecule has 1 amide bonds. The highest BCUT2D eigenvalue weighted by Gasteiger charge is 2.58. The van der Waals surface area contributed by atoms with E-state index in [1.807, 2.05) is 0 Å². The van der Waals surface area contributed by atoms with Crippen molar-refractivity contribution < 1.29 is 9.53 Å². The summed E-state index contributed by atoms with van der Waals surface area (Å²) in [5.41, 5.74) is 0. The maximum atomic E-state index is 12.2. The highest BCUT2D eigenvalue weighted by Crippen LogP contribution is 2.51. The Morgan fingerprint density at radius 3 is 2.73 bits per heavy atom. The first kappa shape index (κ1) is 9.64. The van der Waals surface area contributed by atoms with Crippen LogP contribution in [0.5, 0.6) is 0 Å². The fraction of sp³-hybridized carbons (Fsp3) is 0.917. The lowest BCUT2D eigenvalue weighted by molar-refractivity contribution is -0.135. The third-order valence-corrected chi connectivity index (χ3v) is 4.21. The smallest absolute Gasteiger partial charge is 0.226 e. The average Bonchev–Trinajstić information content (AvgIpc) is 2.70. The molecule has 3 unspecified atom stereocenters.